The van der Waals surface area contributed by atoms with Crippen LogP contribution in [0.5, 0.6) is 0 Å². The number of para-hydroxylation sites is 1. The van der Waals surface area contributed by atoms with Crippen molar-refractivity contribution >= 4 is 80.0 Å². The first kappa shape index (κ1) is 21.2. The number of fused-ring (bicyclic) bond motifs is 8. The van der Waals surface area contributed by atoms with Crippen molar-refractivity contribution in [2.24, 2.45) is 0 Å². The minimum absolute atomic E-state index is 1.09. The van der Waals surface area contributed by atoms with Gasteiger partial charge in [0.1, 0.15) is 0 Å². The second-order valence-corrected chi connectivity index (χ2v) is 11.5. The third kappa shape index (κ3) is 3.21. The topological polar surface area (TPSA) is 4.93 Å². The van der Waals surface area contributed by atoms with E-state index in [-0.39, 0.29) is 0 Å². The Kier molecular flexibility index (Phi) is 4.61. The number of benzene rings is 6. The summed E-state index contributed by atoms with van der Waals surface area (Å²) in [5.74, 6) is 0. The van der Waals surface area contributed by atoms with Gasteiger partial charge in [-0.3, -0.25) is 0 Å². The van der Waals surface area contributed by atoms with Gasteiger partial charge < -0.3 is 4.57 Å². The van der Waals surface area contributed by atoms with Gasteiger partial charge in [-0.2, -0.15) is 0 Å². The summed E-state index contributed by atoms with van der Waals surface area (Å²) in [6.45, 7) is 0. The van der Waals surface area contributed by atoms with E-state index in [1.807, 2.05) is 11.3 Å². The minimum atomic E-state index is 1.09. The molecule has 0 aliphatic carbocycles. The van der Waals surface area contributed by atoms with Crippen LogP contribution in [0.15, 0.2) is 126 Å². The van der Waals surface area contributed by atoms with Gasteiger partial charge in [0.25, 0.3) is 0 Å². The first-order valence-corrected chi connectivity index (χ1v) is 14.0. The molecule has 0 N–H and O–H groups in total. The number of hydrogen-bond acceptors (Lipinski definition) is 1. The highest BCUT2D eigenvalue weighted by molar-refractivity contribution is 9.10. The van der Waals surface area contributed by atoms with E-state index in [1.54, 1.807) is 0 Å². The van der Waals surface area contributed by atoms with Crippen molar-refractivity contribution in [1.82, 2.24) is 4.57 Å². The predicted octanol–water partition coefficient (Wildman–Crippen LogP) is 10.7. The average Bonchev–Trinajstić information content (AvgIpc) is 3.48. The Bertz CT molecular complexity index is 2150. The van der Waals surface area contributed by atoms with Gasteiger partial charge in [0.05, 0.1) is 11.0 Å². The summed E-state index contributed by atoms with van der Waals surface area (Å²) in [6, 6.07) is 44.3. The molecule has 0 atom stereocenters. The van der Waals surface area contributed by atoms with Crippen LogP contribution in [0.1, 0.15) is 0 Å². The number of aromatic nitrogens is 1. The first-order chi connectivity index (χ1) is 18.2. The molecule has 0 radical (unpaired) electrons. The molecule has 6 aromatic carbocycles. The Balaban J connectivity index is 1.51. The van der Waals surface area contributed by atoms with E-state index in [2.05, 4.69) is 142 Å². The monoisotopic (exact) mass is 553 g/mol. The van der Waals surface area contributed by atoms with Gasteiger partial charge >= 0.3 is 0 Å². The molecule has 0 aliphatic heterocycles. The minimum Gasteiger partial charge on any atom is -0.309 e. The summed E-state index contributed by atoms with van der Waals surface area (Å²) in [4.78, 5) is 0. The molecule has 0 unspecified atom stereocenters. The van der Waals surface area contributed by atoms with Crippen LogP contribution in [0.25, 0.3) is 69.6 Å². The van der Waals surface area contributed by atoms with Gasteiger partial charge in [-0.1, -0.05) is 82.7 Å². The SMILES string of the molecule is Brc1cccc(-c2ccc3c(c2)c2cc4ccc5c6ccccc6sc5c4cc2n3-c2ccccc2)c1. The summed E-state index contributed by atoms with van der Waals surface area (Å²) in [5.41, 5.74) is 6.08. The van der Waals surface area contributed by atoms with Crippen LogP contribution in [0.4, 0.5) is 0 Å². The summed E-state index contributed by atoms with van der Waals surface area (Å²) in [7, 11) is 0. The summed E-state index contributed by atoms with van der Waals surface area (Å²) in [5, 5.41) is 7.83. The molecule has 37 heavy (non-hydrogen) atoms. The fraction of sp³-hybridized carbons (Fsp3) is 0. The van der Waals surface area contributed by atoms with Crippen molar-refractivity contribution in [3.63, 3.8) is 0 Å². The second-order valence-electron chi connectivity index (χ2n) is 9.54. The first-order valence-electron chi connectivity index (χ1n) is 12.4. The Morgan fingerprint density at radius 3 is 2.22 bits per heavy atom. The molecule has 0 spiro atoms. The van der Waals surface area contributed by atoms with Crippen LogP contribution < -0.4 is 0 Å². The van der Waals surface area contributed by atoms with Gasteiger partial charge in [0.2, 0.25) is 0 Å². The Labute approximate surface area is 226 Å². The molecule has 0 saturated carbocycles. The standard InChI is InChI=1S/C34H20BrNS/c35-24-8-6-7-21(17-24)22-14-16-31-29(18-22)30-19-23-13-15-27-26-11-4-5-12-33(26)37-34(27)28(23)20-32(30)36(31)25-9-2-1-3-10-25/h1-20H. The van der Waals surface area contributed by atoms with Crippen molar-refractivity contribution in [1.29, 1.82) is 0 Å². The van der Waals surface area contributed by atoms with Crippen LogP contribution >= 0.6 is 27.3 Å². The third-order valence-corrected chi connectivity index (χ3v) is 9.13. The van der Waals surface area contributed by atoms with Gasteiger partial charge in [-0.25, -0.2) is 0 Å². The molecule has 2 aromatic heterocycles. The van der Waals surface area contributed by atoms with E-state index in [1.165, 1.54) is 69.6 Å². The van der Waals surface area contributed by atoms with Crippen molar-refractivity contribution in [3.8, 4) is 16.8 Å². The van der Waals surface area contributed by atoms with Gasteiger partial charge in [0.15, 0.2) is 0 Å². The molecule has 0 bridgehead atoms. The number of rotatable bonds is 2. The van der Waals surface area contributed by atoms with Crippen LogP contribution in [0.3, 0.4) is 0 Å². The van der Waals surface area contributed by atoms with Crippen LogP contribution in [-0.2, 0) is 0 Å². The smallest absolute Gasteiger partial charge is 0.0547 e. The molecule has 0 fully saturated rings. The highest BCUT2D eigenvalue weighted by atomic mass is 79.9. The molecule has 0 aliphatic rings. The van der Waals surface area contributed by atoms with E-state index in [0.717, 1.165) is 4.47 Å². The fourth-order valence-corrected chi connectivity index (χ4v) is 7.35. The number of thiophene rings is 1. The van der Waals surface area contributed by atoms with E-state index in [0.29, 0.717) is 0 Å². The molecule has 8 aromatic rings. The highest BCUT2D eigenvalue weighted by Crippen LogP contribution is 2.42. The van der Waals surface area contributed by atoms with Crippen LogP contribution in [-0.4, -0.2) is 4.57 Å². The lowest BCUT2D eigenvalue weighted by Gasteiger charge is -2.09. The average molecular weight is 555 g/mol. The molecular weight excluding hydrogens is 534 g/mol. The van der Waals surface area contributed by atoms with Gasteiger partial charge in [0, 0.05) is 46.5 Å². The lowest BCUT2D eigenvalue weighted by Crippen LogP contribution is -1.93. The summed E-state index contributed by atoms with van der Waals surface area (Å²) < 4.78 is 6.21. The normalized spacial score (nSPS) is 11.9. The largest absolute Gasteiger partial charge is 0.309 e. The van der Waals surface area contributed by atoms with Crippen molar-refractivity contribution < 1.29 is 0 Å². The maximum atomic E-state index is 3.64. The Morgan fingerprint density at radius 1 is 0.514 bits per heavy atom. The molecule has 3 heteroatoms. The molecule has 8 rings (SSSR count). The van der Waals surface area contributed by atoms with E-state index in [9.17, 15) is 0 Å². The van der Waals surface area contributed by atoms with Crippen LogP contribution in [0, 0.1) is 0 Å². The fourth-order valence-electron chi connectivity index (χ4n) is 5.72. The third-order valence-electron chi connectivity index (χ3n) is 7.42. The number of halogens is 1. The van der Waals surface area contributed by atoms with Gasteiger partial charge in [-0.05, 0) is 71.1 Å². The molecule has 0 amide bonds. The Hall–Kier alpha value is -3.92. The number of nitrogens with zero attached hydrogens (tertiary/aromatic N) is 1. The molecule has 0 saturated heterocycles. The molecular formula is C34H20BrNS. The molecule has 1 nitrogen and oxygen atoms in total. The van der Waals surface area contributed by atoms with E-state index >= 15 is 0 Å². The Morgan fingerprint density at radius 2 is 1.32 bits per heavy atom. The second kappa shape index (κ2) is 8.04. The lowest BCUT2D eigenvalue weighted by molar-refractivity contribution is 1.18. The van der Waals surface area contributed by atoms with Crippen LogP contribution in [0.2, 0.25) is 0 Å². The van der Waals surface area contributed by atoms with E-state index < -0.39 is 0 Å². The van der Waals surface area contributed by atoms with Crippen molar-refractivity contribution in [2.45, 2.75) is 0 Å². The van der Waals surface area contributed by atoms with E-state index in [4.69, 9.17) is 0 Å². The van der Waals surface area contributed by atoms with Crippen molar-refractivity contribution in [3.05, 3.63) is 126 Å². The maximum absolute atomic E-state index is 3.64. The quantitative estimate of drug-likeness (QED) is 0.200. The van der Waals surface area contributed by atoms with Crippen molar-refractivity contribution in [2.75, 3.05) is 0 Å². The lowest BCUT2D eigenvalue weighted by atomic mass is 10.0. The molecule has 2 heterocycles. The summed E-state index contributed by atoms with van der Waals surface area (Å²) in [6.07, 6.45) is 0. The maximum Gasteiger partial charge on any atom is 0.0547 e. The zero-order valence-corrected chi connectivity index (χ0v) is 22.2. The number of hydrogen-bond donors (Lipinski definition) is 0. The highest BCUT2D eigenvalue weighted by Gasteiger charge is 2.16. The predicted molar refractivity (Wildman–Crippen MR) is 164 cm³/mol. The zero-order chi connectivity index (χ0) is 24.5. The summed E-state index contributed by atoms with van der Waals surface area (Å²) >= 11 is 5.54. The van der Waals surface area contributed by atoms with Gasteiger partial charge in [-0.15, -0.1) is 11.3 Å². The molecule has 174 valence electrons. The zero-order valence-electron chi connectivity index (χ0n) is 19.8.